The lowest BCUT2D eigenvalue weighted by Gasteiger charge is -2.35. The molecule has 1 aromatic carbocycles. The molecule has 0 saturated heterocycles. The standard InChI is InChI=1S/C16H22N2O/c1-18(14-10-11-14)16(19)17-15(13-8-5-9-13)12-6-3-2-4-7-12/h2-4,6-7,13-15H,5,8-11H2,1H3,(H,17,19)/t15-/m0/s1. The smallest absolute Gasteiger partial charge is 0.317 e. The van der Waals surface area contributed by atoms with E-state index in [4.69, 9.17) is 0 Å². The van der Waals surface area contributed by atoms with Crippen LogP contribution in [0.15, 0.2) is 30.3 Å². The predicted octanol–water partition coefficient (Wildman–Crippen LogP) is 3.33. The van der Waals surface area contributed by atoms with E-state index in [1.807, 2.05) is 18.0 Å². The fraction of sp³-hybridized carbons (Fsp3) is 0.562. The average Bonchev–Trinajstić information content (AvgIpc) is 3.20. The van der Waals surface area contributed by atoms with Gasteiger partial charge in [-0.2, -0.15) is 0 Å². The summed E-state index contributed by atoms with van der Waals surface area (Å²) in [5, 5.41) is 3.24. The summed E-state index contributed by atoms with van der Waals surface area (Å²) in [4.78, 5) is 14.1. The van der Waals surface area contributed by atoms with Crippen LogP contribution in [0.25, 0.3) is 0 Å². The van der Waals surface area contributed by atoms with Crippen LogP contribution in [0.2, 0.25) is 0 Å². The van der Waals surface area contributed by atoms with Crippen LogP contribution < -0.4 is 5.32 Å². The van der Waals surface area contributed by atoms with Crippen LogP contribution in [0, 0.1) is 5.92 Å². The lowest BCUT2D eigenvalue weighted by Crippen LogP contribution is -2.43. The molecule has 0 aliphatic heterocycles. The number of carbonyl (C=O) groups is 1. The van der Waals surface area contributed by atoms with Crippen molar-refractivity contribution >= 4 is 6.03 Å². The van der Waals surface area contributed by atoms with Gasteiger partial charge in [0.15, 0.2) is 0 Å². The van der Waals surface area contributed by atoms with Crippen molar-refractivity contribution < 1.29 is 4.79 Å². The van der Waals surface area contributed by atoms with Crippen LogP contribution in [0.1, 0.15) is 43.7 Å². The Balaban J connectivity index is 1.70. The molecule has 2 aliphatic carbocycles. The molecule has 3 heteroatoms. The second-order valence-electron chi connectivity index (χ2n) is 5.87. The molecule has 3 rings (SSSR count). The number of nitrogens with one attached hydrogen (secondary N) is 1. The van der Waals surface area contributed by atoms with E-state index >= 15 is 0 Å². The van der Waals surface area contributed by atoms with Gasteiger partial charge in [0.2, 0.25) is 0 Å². The van der Waals surface area contributed by atoms with Gasteiger partial charge in [-0.1, -0.05) is 36.8 Å². The zero-order valence-corrected chi connectivity index (χ0v) is 11.5. The average molecular weight is 258 g/mol. The minimum atomic E-state index is 0.0863. The zero-order valence-electron chi connectivity index (χ0n) is 11.5. The van der Waals surface area contributed by atoms with Crippen molar-refractivity contribution in [1.82, 2.24) is 10.2 Å². The maximum Gasteiger partial charge on any atom is 0.317 e. The van der Waals surface area contributed by atoms with E-state index in [0.29, 0.717) is 12.0 Å². The van der Waals surface area contributed by atoms with E-state index < -0.39 is 0 Å². The molecule has 2 fully saturated rings. The van der Waals surface area contributed by atoms with Gasteiger partial charge in [0.1, 0.15) is 0 Å². The lowest BCUT2D eigenvalue weighted by molar-refractivity contribution is 0.182. The highest BCUT2D eigenvalue weighted by Crippen LogP contribution is 2.38. The van der Waals surface area contributed by atoms with E-state index in [2.05, 4.69) is 29.6 Å². The molecular formula is C16H22N2O. The van der Waals surface area contributed by atoms with Crippen LogP contribution in [0.4, 0.5) is 4.79 Å². The fourth-order valence-corrected chi connectivity index (χ4v) is 2.77. The van der Waals surface area contributed by atoms with E-state index in [9.17, 15) is 4.79 Å². The van der Waals surface area contributed by atoms with Crippen molar-refractivity contribution in [2.75, 3.05) is 7.05 Å². The highest BCUT2D eigenvalue weighted by Gasteiger charge is 2.34. The molecule has 1 aromatic rings. The lowest BCUT2D eigenvalue weighted by atomic mass is 9.77. The Morgan fingerprint density at radius 1 is 1.21 bits per heavy atom. The first-order valence-corrected chi connectivity index (χ1v) is 7.34. The normalized spacial score (nSPS) is 20.5. The van der Waals surface area contributed by atoms with Gasteiger partial charge in [0.05, 0.1) is 6.04 Å². The molecule has 0 unspecified atom stereocenters. The van der Waals surface area contributed by atoms with Crippen molar-refractivity contribution in [2.45, 2.75) is 44.2 Å². The first-order chi connectivity index (χ1) is 9.25. The molecule has 0 aromatic heterocycles. The van der Waals surface area contributed by atoms with Gasteiger partial charge < -0.3 is 10.2 Å². The summed E-state index contributed by atoms with van der Waals surface area (Å²) < 4.78 is 0. The number of benzene rings is 1. The largest absolute Gasteiger partial charge is 0.331 e. The summed E-state index contributed by atoms with van der Waals surface area (Å²) in [6.45, 7) is 0. The van der Waals surface area contributed by atoms with Crippen molar-refractivity contribution in [3.63, 3.8) is 0 Å². The van der Waals surface area contributed by atoms with Gasteiger partial charge in [-0.25, -0.2) is 4.79 Å². The van der Waals surface area contributed by atoms with E-state index in [1.165, 1.54) is 24.8 Å². The Labute approximate surface area is 115 Å². The monoisotopic (exact) mass is 258 g/mol. The number of nitrogens with zero attached hydrogens (tertiary/aromatic N) is 1. The second-order valence-corrected chi connectivity index (χ2v) is 5.87. The maximum absolute atomic E-state index is 12.3. The first-order valence-electron chi connectivity index (χ1n) is 7.34. The molecule has 102 valence electrons. The SMILES string of the molecule is CN(C(=O)N[C@@H](c1ccccc1)C1CCC1)C1CC1. The number of carbonyl (C=O) groups excluding carboxylic acids is 1. The van der Waals surface area contributed by atoms with Crippen molar-refractivity contribution in [3.8, 4) is 0 Å². The fourth-order valence-electron chi connectivity index (χ4n) is 2.77. The van der Waals surface area contributed by atoms with Gasteiger partial charge in [-0.15, -0.1) is 0 Å². The summed E-state index contributed by atoms with van der Waals surface area (Å²) >= 11 is 0. The van der Waals surface area contributed by atoms with Gasteiger partial charge in [-0.05, 0) is 37.2 Å². The highest BCUT2D eigenvalue weighted by atomic mass is 16.2. The molecule has 2 saturated carbocycles. The van der Waals surface area contributed by atoms with Crippen molar-refractivity contribution in [1.29, 1.82) is 0 Å². The molecule has 2 amide bonds. The zero-order chi connectivity index (χ0) is 13.2. The number of hydrogen-bond acceptors (Lipinski definition) is 1. The first kappa shape index (κ1) is 12.5. The Kier molecular flexibility index (Phi) is 3.45. The molecule has 0 spiro atoms. The number of hydrogen-bond donors (Lipinski definition) is 1. The van der Waals surface area contributed by atoms with Crippen LogP contribution in [-0.2, 0) is 0 Å². The van der Waals surface area contributed by atoms with E-state index in [0.717, 1.165) is 12.8 Å². The summed E-state index contributed by atoms with van der Waals surface area (Å²) in [5.74, 6) is 0.610. The molecule has 1 atom stereocenters. The summed E-state index contributed by atoms with van der Waals surface area (Å²) in [5.41, 5.74) is 1.24. The number of amides is 2. The van der Waals surface area contributed by atoms with Gasteiger partial charge >= 0.3 is 6.03 Å². The van der Waals surface area contributed by atoms with Crippen molar-refractivity contribution in [3.05, 3.63) is 35.9 Å². The molecule has 3 nitrogen and oxygen atoms in total. The minimum Gasteiger partial charge on any atom is -0.331 e. The molecule has 0 bridgehead atoms. The number of rotatable bonds is 4. The van der Waals surface area contributed by atoms with E-state index in [1.54, 1.807) is 0 Å². The third kappa shape index (κ3) is 2.75. The van der Waals surface area contributed by atoms with Gasteiger partial charge in [0, 0.05) is 13.1 Å². The third-order valence-electron chi connectivity index (χ3n) is 4.47. The minimum absolute atomic E-state index is 0.0863. The summed E-state index contributed by atoms with van der Waals surface area (Å²) in [6.07, 6.45) is 6.06. The Bertz CT molecular complexity index is 437. The van der Waals surface area contributed by atoms with Crippen LogP contribution in [-0.4, -0.2) is 24.0 Å². The quantitative estimate of drug-likeness (QED) is 0.882. The Morgan fingerprint density at radius 2 is 1.89 bits per heavy atom. The van der Waals surface area contributed by atoms with Crippen LogP contribution in [0.5, 0.6) is 0 Å². The summed E-state index contributed by atoms with van der Waals surface area (Å²) in [7, 11) is 1.91. The van der Waals surface area contributed by atoms with Crippen molar-refractivity contribution in [2.24, 2.45) is 5.92 Å². The highest BCUT2D eigenvalue weighted by molar-refractivity contribution is 5.75. The Morgan fingerprint density at radius 3 is 2.42 bits per heavy atom. The summed E-state index contributed by atoms with van der Waals surface area (Å²) in [6, 6.07) is 11.1. The van der Waals surface area contributed by atoms with E-state index in [-0.39, 0.29) is 12.1 Å². The molecule has 1 N–H and O–H groups in total. The maximum atomic E-state index is 12.3. The van der Waals surface area contributed by atoms with Gasteiger partial charge in [-0.3, -0.25) is 0 Å². The second kappa shape index (κ2) is 5.24. The predicted molar refractivity (Wildman–Crippen MR) is 75.8 cm³/mol. The molecule has 0 heterocycles. The molecular weight excluding hydrogens is 236 g/mol. The molecule has 2 aliphatic rings. The Hall–Kier alpha value is -1.51. The molecule has 0 radical (unpaired) electrons. The van der Waals surface area contributed by atoms with Crippen LogP contribution >= 0.6 is 0 Å². The molecule has 19 heavy (non-hydrogen) atoms. The van der Waals surface area contributed by atoms with Gasteiger partial charge in [0.25, 0.3) is 0 Å². The third-order valence-corrected chi connectivity index (χ3v) is 4.47. The number of urea groups is 1. The topological polar surface area (TPSA) is 32.3 Å². The van der Waals surface area contributed by atoms with Crippen LogP contribution in [0.3, 0.4) is 0 Å².